The average molecular weight is 364 g/mol. The molecule has 3 aromatic heterocycles. The lowest BCUT2D eigenvalue weighted by atomic mass is 10.1. The van der Waals surface area contributed by atoms with Gasteiger partial charge in [-0.3, -0.25) is 9.88 Å². The summed E-state index contributed by atoms with van der Waals surface area (Å²) in [5.74, 6) is 0.826. The zero-order valence-electron chi connectivity index (χ0n) is 15.7. The van der Waals surface area contributed by atoms with Crippen LogP contribution >= 0.6 is 0 Å². The Balaban J connectivity index is 1.62. The Kier molecular flexibility index (Phi) is 5.22. The van der Waals surface area contributed by atoms with Gasteiger partial charge in [0.25, 0.3) is 0 Å². The van der Waals surface area contributed by atoms with Crippen LogP contribution in [0.1, 0.15) is 22.9 Å². The van der Waals surface area contributed by atoms with E-state index in [0.29, 0.717) is 0 Å². The third-order valence-corrected chi connectivity index (χ3v) is 4.95. The highest BCUT2D eigenvalue weighted by atomic mass is 16.5. The summed E-state index contributed by atoms with van der Waals surface area (Å²) in [4.78, 5) is 20.1. The number of fused-ring (bicyclic) bond motifs is 1. The summed E-state index contributed by atoms with van der Waals surface area (Å²) in [5.41, 5.74) is 4.02. The number of hydrogen-bond donors (Lipinski definition) is 1. The summed E-state index contributed by atoms with van der Waals surface area (Å²) in [7, 11) is 0. The van der Waals surface area contributed by atoms with E-state index >= 15 is 0 Å². The van der Waals surface area contributed by atoms with E-state index in [1.807, 2.05) is 25.4 Å². The van der Waals surface area contributed by atoms with Crippen molar-refractivity contribution >= 4 is 16.9 Å². The molecule has 4 heterocycles. The minimum absolute atomic E-state index is 0.200. The highest BCUT2D eigenvalue weighted by Gasteiger charge is 2.23. The van der Waals surface area contributed by atoms with Gasteiger partial charge in [0.15, 0.2) is 5.65 Å². The van der Waals surface area contributed by atoms with Crippen LogP contribution in [-0.2, 0) is 4.74 Å². The zero-order valence-corrected chi connectivity index (χ0v) is 15.7. The quantitative estimate of drug-likeness (QED) is 0.745. The van der Waals surface area contributed by atoms with Gasteiger partial charge in [0.05, 0.1) is 24.6 Å². The Morgan fingerprint density at radius 2 is 2.07 bits per heavy atom. The van der Waals surface area contributed by atoms with Crippen LogP contribution in [0.5, 0.6) is 0 Å². The molecular weight excluding hydrogens is 340 g/mol. The molecule has 0 saturated carbocycles. The molecule has 1 unspecified atom stereocenters. The summed E-state index contributed by atoms with van der Waals surface area (Å²) in [6.07, 6.45) is 5.32. The SMILES string of the molecule is Cc1cc(C)c2c(NCC(c3cccnc3)N3CCOCC3)ncnc2n1. The molecule has 140 valence electrons. The standard InChI is InChI=1S/C20H24N6O/c1-14-10-15(2)25-20-18(14)19(23-13-24-20)22-12-17(16-4-3-5-21-11-16)26-6-8-27-9-7-26/h3-5,10-11,13,17H,6-9,12H2,1-2H3,(H,22,23,24,25). The molecule has 0 amide bonds. The Morgan fingerprint density at radius 1 is 1.22 bits per heavy atom. The molecular formula is C20H24N6O. The summed E-state index contributed by atoms with van der Waals surface area (Å²) in [5, 5.41) is 4.52. The van der Waals surface area contributed by atoms with Crippen LogP contribution in [0.4, 0.5) is 5.82 Å². The van der Waals surface area contributed by atoms with Gasteiger partial charge >= 0.3 is 0 Å². The van der Waals surface area contributed by atoms with Crippen LogP contribution < -0.4 is 5.32 Å². The van der Waals surface area contributed by atoms with E-state index in [1.54, 1.807) is 6.33 Å². The number of ether oxygens (including phenoxy) is 1. The maximum Gasteiger partial charge on any atom is 0.165 e. The maximum absolute atomic E-state index is 5.53. The Bertz CT molecular complexity index is 911. The van der Waals surface area contributed by atoms with Gasteiger partial charge < -0.3 is 10.1 Å². The van der Waals surface area contributed by atoms with E-state index in [-0.39, 0.29) is 6.04 Å². The van der Waals surface area contributed by atoms with Gasteiger partial charge in [-0.25, -0.2) is 15.0 Å². The van der Waals surface area contributed by atoms with E-state index in [2.05, 4.69) is 49.2 Å². The molecule has 1 N–H and O–H groups in total. The maximum atomic E-state index is 5.53. The number of pyridine rings is 2. The van der Waals surface area contributed by atoms with Crippen LogP contribution in [0.15, 0.2) is 36.9 Å². The summed E-state index contributed by atoms with van der Waals surface area (Å²) >= 11 is 0. The van der Waals surface area contributed by atoms with Gasteiger partial charge in [0, 0.05) is 37.7 Å². The number of hydrogen-bond acceptors (Lipinski definition) is 7. The fourth-order valence-electron chi connectivity index (χ4n) is 3.66. The highest BCUT2D eigenvalue weighted by molar-refractivity contribution is 5.89. The second-order valence-corrected chi connectivity index (χ2v) is 6.83. The van der Waals surface area contributed by atoms with E-state index in [0.717, 1.165) is 61.0 Å². The highest BCUT2D eigenvalue weighted by Crippen LogP contribution is 2.25. The predicted octanol–water partition coefficient (Wildman–Crippen LogP) is 2.52. The first-order valence-electron chi connectivity index (χ1n) is 9.27. The number of rotatable bonds is 5. The van der Waals surface area contributed by atoms with Crippen molar-refractivity contribution in [3.05, 3.63) is 53.7 Å². The second-order valence-electron chi connectivity index (χ2n) is 6.83. The third-order valence-electron chi connectivity index (χ3n) is 4.95. The van der Waals surface area contributed by atoms with Crippen LogP contribution in [0, 0.1) is 13.8 Å². The van der Waals surface area contributed by atoms with Gasteiger partial charge in [-0.05, 0) is 37.1 Å². The zero-order chi connectivity index (χ0) is 18.6. The smallest absolute Gasteiger partial charge is 0.165 e. The molecule has 7 nitrogen and oxygen atoms in total. The number of morpholine rings is 1. The van der Waals surface area contributed by atoms with Gasteiger partial charge in [0.1, 0.15) is 12.1 Å². The lowest BCUT2D eigenvalue weighted by Crippen LogP contribution is -2.41. The van der Waals surface area contributed by atoms with Crippen LogP contribution in [-0.4, -0.2) is 57.7 Å². The van der Waals surface area contributed by atoms with E-state index < -0.39 is 0 Å². The lowest BCUT2D eigenvalue weighted by Gasteiger charge is -2.34. The van der Waals surface area contributed by atoms with Crippen molar-refractivity contribution in [1.29, 1.82) is 0 Å². The molecule has 3 aromatic rings. The van der Waals surface area contributed by atoms with Crippen LogP contribution in [0.25, 0.3) is 11.0 Å². The molecule has 1 aliphatic heterocycles. The molecule has 1 saturated heterocycles. The van der Waals surface area contributed by atoms with Gasteiger partial charge in [-0.15, -0.1) is 0 Å². The fraction of sp³-hybridized carbons (Fsp3) is 0.400. The molecule has 1 aliphatic rings. The number of aryl methyl sites for hydroxylation is 2. The second kappa shape index (κ2) is 7.94. The minimum Gasteiger partial charge on any atom is -0.379 e. The molecule has 1 fully saturated rings. The molecule has 0 aliphatic carbocycles. The number of nitrogens with one attached hydrogen (secondary N) is 1. The molecule has 4 rings (SSSR count). The van der Waals surface area contributed by atoms with Crippen molar-refractivity contribution in [2.45, 2.75) is 19.9 Å². The van der Waals surface area contributed by atoms with Crippen molar-refractivity contribution in [3.8, 4) is 0 Å². The first-order valence-corrected chi connectivity index (χ1v) is 9.27. The molecule has 0 bridgehead atoms. The van der Waals surface area contributed by atoms with Crippen molar-refractivity contribution in [2.24, 2.45) is 0 Å². The van der Waals surface area contributed by atoms with E-state index in [1.165, 1.54) is 5.56 Å². The van der Waals surface area contributed by atoms with Crippen molar-refractivity contribution in [3.63, 3.8) is 0 Å². The number of nitrogens with zero attached hydrogens (tertiary/aromatic N) is 5. The lowest BCUT2D eigenvalue weighted by molar-refractivity contribution is 0.0186. The van der Waals surface area contributed by atoms with Crippen LogP contribution in [0.2, 0.25) is 0 Å². The summed E-state index contributed by atoms with van der Waals surface area (Å²) in [6, 6.07) is 6.38. The first-order chi connectivity index (χ1) is 13.2. The van der Waals surface area contributed by atoms with Crippen LogP contribution in [0.3, 0.4) is 0 Å². The third kappa shape index (κ3) is 3.89. The summed E-state index contributed by atoms with van der Waals surface area (Å²) < 4.78 is 5.53. The fourth-order valence-corrected chi connectivity index (χ4v) is 3.66. The van der Waals surface area contributed by atoms with Gasteiger partial charge in [-0.1, -0.05) is 6.07 Å². The van der Waals surface area contributed by atoms with Gasteiger partial charge in [-0.2, -0.15) is 0 Å². The molecule has 0 spiro atoms. The predicted molar refractivity (Wildman–Crippen MR) is 105 cm³/mol. The minimum atomic E-state index is 0.200. The van der Waals surface area contributed by atoms with Crippen molar-refractivity contribution in [1.82, 2.24) is 24.8 Å². The van der Waals surface area contributed by atoms with Crippen molar-refractivity contribution < 1.29 is 4.74 Å². The number of anilines is 1. The monoisotopic (exact) mass is 364 g/mol. The van der Waals surface area contributed by atoms with E-state index in [9.17, 15) is 0 Å². The molecule has 1 atom stereocenters. The Morgan fingerprint density at radius 3 is 2.85 bits per heavy atom. The molecule has 27 heavy (non-hydrogen) atoms. The largest absolute Gasteiger partial charge is 0.379 e. The van der Waals surface area contributed by atoms with Crippen molar-refractivity contribution in [2.75, 3.05) is 38.2 Å². The molecule has 0 radical (unpaired) electrons. The van der Waals surface area contributed by atoms with Gasteiger partial charge in [0.2, 0.25) is 0 Å². The molecule has 7 heteroatoms. The normalized spacial score (nSPS) is 16.4. The van der Waals surface area contributed by atoms with E-state index in [4.69, 9.17) is 4.74 Å². The first kappa shape index (κ1) is 17.8. The Hall–Kier alpha value is -2.64. The Labute approximate surface area is 158 Å². The average Bonchev–Trinajstić information content (AvgIpc) is 2.69. The topological polar surface area (TPSA) is 76.1 Å². The molecule has 0 aromatic carbocycles. The number of aromatic nitrogens is 4. The summed E-state index contributed by atoms with van der Waals surface area (Å²) in [6.45, 7) is 8.12.